The number of para-hydroxylation sites is 1. The van der Waals surface area contributed by atoms with Crippen molar-refractivity contribution in [2.24, 2.45) is 0 Å². The van der Waals surface area contributed by atoms with Gasteiger partial charge in [0.15, 0.2) is 0 Å². The SMILES string of the molecule is COc1ccc(C(=O)N2CCN(C3CCN(c4ccccc4F)C3=O)CC2)c(OC)c1. The molecule has 2 amide bonds. The number of ether oxygens (including phenoxy) is 2. The van der Waals surface area contributed by atoms with Crippen molar-refractivity contribution in [2.75, 3.05) is 51.8 Å². The van der Waals surface area contributed by atoms with Crippen molar-refractivity contribution >= 4 is 17.5 Å². The van der Waals surface area contributed by atoms with Gasteiger partial charge in [-0.1, -0.05) is 12.1 Å². The Hall–Kier alpha value is -3.13. The van der Waals surface area contributed by atoms with Crippen LogP contribution in [0.15, 0.2) is 42.5 Å². The number of piperazine rings is 1. The Morgan fingerprint density at radius 2 is 1.74 bits per heavy atom. The lowest BCUT2D eigenvalue weighted by Gasteiger charge is -2.37. The lowest BCUT2D eigenvalue weighted by molar-refractivity contribution is -0.122. The van der Waals surface area contributed by atoms with Crippen molar-refractivity contribution in [1.29, 1.82) is 0 Å². The lowest BCUT2D eigenvalue weighted by Crippen LogP contribution is -2.53. The highest BCUT2D eigenvalue weighted by molar-refractivity contribution is 5.99. The third-order valence-corrected chi connectivity index (χ3v) is 6.00. The predicted octanol–water partition coefficient (Wildman–Crippen LogP) is 2.41. The minimum absolute atomic E-state index is 0.0818. The molecule has 2 heterocycles. The monoisotopic (exact) mass is 427 g/mol. The molecule has 2 aromatic carbocycles. The van der Waals surface area contributed by atoms with Gasteiger partial charge in [-0.2, -0.15) is 0 Å². The molecule has 8 heteroatoms. The van der Waals surface area contributed by atoms with Gasteiger partial charge >= 0.3 is 0 Å². The number of nitrogens with zero attached hydrogens (tertiary/aromatic N) is 3. The van der Waals surface area contributed by atoms with Crippen LogP contribution in [-0.4, -0.2) is 74.6 Å². The van der Waals surface area contributed by atoms with Crippen LogP contribution in [0.4, 0.5) is 10.1 Å². The van der Waals surface area contributed by atoms with Crippen LogP contribution in [-0.2, 0) is 4.79 Å². The molecule has 7 nitrogen and oxygen atoms in total. The number of hydrogen-bond donors (Lipinski definition) is 0. The number of benzene rings is 2. The van der Waals surface area contributed by atoms with E-state index in [2.05, 4.69) is 4.90 Å². The van der Waals surface area contributed by atoms with Crippen molar-refractivity contribution < 1.29 is 23.5 Å². The van der Waals surface area contributed by atoms with Gasteiger partial charge in [0.2, 0.25) is 5.91 Å². The fraction of sp³-hybridized carbons (Fsp3) is 0.391. The minimum Gasteiger partial charge on any atom is -0.497 e. The van der Waals surface area contributed by atoms with E-state index in [4.69, 9.17) is 9.47 Å². The maximum absolute atomic E-state index is 14.1. The summed E-state index contributed by atoms with van der Waals surface area (Å²) >= 11 is 0. The Balaban J connectivity index is 1.40. The summed E-state index contributed by atoms with van der Waals surface area (Å²) in [5.41, 5.74) is 0.815. The van der Waals surface area contributed by atoms with Crippen LogP contribution < -0.4 is 14.4 Å². The zero-order valence-electron chi connectivity index (χ0n) is 17.7. The molecule has 31 heavy (non-hydrogen) atoms. The number of methoxy groups -OCH3 is 2. The van der Waals surface area contributed by atoms with E-state index in [0.717, 1.165) is 0 Å². The molecule has 0 aliphatic carbocycles. The second-order valence-electron chi connectivity index (χ2n) is 7.64. The number of amides is 2. The van der Waals surface area contributed by atoms with Crippen molar-refractivity contribution in [3.8, 4) is 11.5 Å². The van der Waals surface area contributed by atoms with Gasteiger partial charge in [0, 0.05) is 38.8 Å². The second kappa shape index (κ2) is 8.93. The molecule has 2 aliphatic heterocycles. The lowest BCUT2D eigenvalue weighted by atomic mass is 10.1. The predicted molar refractivity (Wildman–Crippen MR) is 114 cm³/mol. The summed E-state index contributed by atoms with van der Waals surface area (Å²) in [6, 6.07) is 11.2. The molecular formula is C23H26FN3O4. The summed E-state index contributed by atoms with van der Waals surface area (Å²) in [7, 11) is 3.09. The largest absolute Gasteiger partial charge is 0.497 e. The fourth-order valence-corrected chi connectivity index (χ4v) is 4.30. The number of anilines is 1. The second-order valence-corrected chi connectivity index (χ2v) is 7.64. The first-order valence-electron chi connectivity index (χ1n) is 10.3. The van der Waals surface area contributed by atoms with E-state index in [1.807, 2.05) is 0 Å². The molecule has 0 N–H and O–H groups in total. The molecule has 2 aromatic rings. The van der Waals surface area contributed by atoms with Gasteiger partial charge in [-0.3, -0.25) is 14.5 Å². The summed E-state index contributed by atoms with van der Waals surface area (Å²) in [6.45, 7) is 2.69. The van der Waals surface area contributed by atoms with Crippen LogP contribution in [0.5, 0.6) is 11.5 Å². The Morgan fingerprint density at radius 3 is 2.42 bits per heavy atom. The molecule has 2 saturated heterocycles. The normalized spacial score (nSPS) is 19.6. The number of hydrogen-bond acceptors (Lipinski definition) is 5. The maximum Gasteiger partial charge on any atom is 0.257 e. The minimum atomic E-state index is -0.389. The molecule has 2 aliphatic rings. The van der Waals surface area contributed by atoms with Crippen LogP contribution in [0.2, 0.25) is 0 Å². The van der Waals surface area contributed by atoms with Gasteiger partial charge in [0.25, 0.3) is 5.91 Å². The third-order valence-electron chi connectivity index (χ3n) is 6.00. The first-order valence-corrected chi connectivity index (χ1v) is 10.3. The molecule has 1 atom stereocenters. The Labute approximate surface area is 180 Å². The summed E-state index contributed by atoms with van der Waals surface area (Å²) in [5, 5.41) is 0. The first-order chi connectivity index (χ1) is 15.0. The summed E-state index contributed by atoms with van der Waals surface area (Å²) in [6.07, 6.45) is 0.646. The van der Waals surface area contributed by atoms with E-state index in [1.54, 1.807) is 48.4 Å². The topological polar surface area (TPSA) is 62.3 Å². The third kappa shape index (κ3) is 4.07. The fourth-order valence-electron chi connectivity index (χ4n) is 4.30. The highest BCUT2D eigenvalue weighted by Gasteiger charge is 2.39. The molecule has 1 unspecified atom stereocenters. The van der Waals surface area contributed by atoms with E-state index in [1.165, 1.54) is 18.1 Å². The molecule has 0 saturated carbocycles. The molecule has 0 bridgehead atoms. The van der Waals surface area contributed by atoms with Crippen molar-refractivity contribution in [3.63, 3.8) is 0 Å². The zero-order chi connectivity index (χ0) is 22.0. The molecule has 0 spiro atoms. The average molecular weight is 427 g/mol. The van der Waals surface area contributed by atoms with E-state index >= 15 is 0 Å². The zero-order valence-corrected chi connectivity index (χ0v) is 17.7. The van der Waals surface area contributed by atoms with Crippen LogP contribution in [0.3, 0.4) is 0 Å². The van der Waals surface area contributed by atoms with Gasteiger partial charge in [-0.05, 0) is 30.7 Å². The van der Waals surface area contributed by atoms with Gasteiger partial charge in [-0.15, -0.1) is 0 Å². The van der Waals surface area contributed by atoms with Gasteiger partial charge in [0.05, 0.1) is 31.5 Å². The number of halogens is 1. The molecule has 164 valence electrons. The van der Waals surface area contributed by atoms with Crippen LogP contribution in [0.25, 0.3) is 0 Å². The molecular weight excluding hydrogens is 401 g/mol. The Morgan fingerprint density at radius 1 is 1.00 bits per heavy atom. The van der Waals surface area contributed by atoms with E-state index in [0.29, 0.717) is 61.9 Å². The van der Waals surface area contributed by atoms with E-state index in [-0.39, 0.29) is 23.7 Å². The Bertz CT molecular complexity index is 975. The van der Waals surface area contributed by atoms with Crippen molar-refractivity contribution in [3.05, 3.63) is 53.8 Å². The van der Waals surface area contributed by atoms with Gasteiger partial charge in [0.1, 0.15) is 17.3 Å². The summed E-state index contributed by atoms with van der Waals surface area (Å²) in [4.78, 5) is 31.4. The van der Waals surface area contributed by atoms with E-state index in [9.17, 15) is 14.0 Å². The average Bonchev–Trinajstić information content (AvgIpc) is 3.19. The van der Waals surface area contributed by atoms with Crippen molar-refractivity contribution in [1.82, 2.24) is 9.80 Å². The van der Waals surface area contributed by atoms with Crippen molar-refractivity contribution in [2.45, 2.75) is 12.5 Å². The molecule has 4 rings (SSSR count). The summed E-state index contributed by atoms with van der Waals surface area (Å²) in [5.74, 6) is 0.516. The first kappa shape index (κ1) is 21.1. The van der Waals surface area contributed by atoms with Crippen LogP contribution in [0.1, 0.15) is 16.8 Å². The highest BCUT2D eigenvalue weighted by atomic mass is 19.1. The molecule has 0 radical (unpaired) electrons. The van der Waals surface area contributed by atoms with Crippen LogP contribution >= 0.6 is 0 Å². The standard InChI is InChI=1S/C23H26FN3O4/c1-30-16-7-8-17(21(15-16)31-2)22(28)26-13-11-25(12-14-26)20-9-10-27(23(20)29)19-6-4-3-5-18(19)24/h3-8,15,20H,9-14H2,1-2H3. The van der Waals surface area contributed by atoms with Gasteiger partial charge in [-0.25, -0.2) is 4.39 Å². The van der Waals surface area contributed by atoms with Gasteiger partial charge < -0.3 is 19.3 Å². The number of carbonyl (C=O) groups excluding carboxylic acids is 2. The summed E-state index contributed by atoms with van der Waals surface area (Å²) < 4.78 is 24.7. The molecule has 0 aromatic heterocycles. The maximum atomic E-state index is 14.1. The Kier molecular flexibility index (Phi) is 6.08. The van der Waals surface area contributed by atoms with Crippen LogP contribution in [0, 0.1) is 5.82 Å². The quantitative estimate of drug-likeness (QED) is 0.734. The number of carbonyl (C=O) groups is 2. The van der Waals surface area contributed by atoms with E-state index < -0.39 is 0 Å². The number of rotatable bonds is 5. The highest BCUT2D eigenvalue weighted by Crippen LogP contribution is 2.29. The molecule has 2 fully saturated rings. The smallest absolute Gasteiger partial charge is 0.257 e.